The Balaban J connectivity index is 2.82. The highest BCUT2D eigenvalue weighted by Gasteiger charge is 2.16. The standard InChI is InChI=1S/C13H21ClN4/c1-15-13(16-2)17-9-12(18(3)4)10-7-5-6-8-11(10)14/h5-8,12H,9H2,1-4H3,(H2,15,16,17)/t12-/m1/s1. The molecule has 0 fully saturated rings. The van der Waals surface area contributed by atoms with E-state index < -0.39 is 0 Å². The van der Waals surface area contributed by atoms with Crippen molar-refractivity contribution in [1.82, 2.24) is 15.5 Å². The number of rotatable bonds is 4. The van der Waals surface area contributed by atoms with Crippen LogP contribution in [0.1, 0.15) is 11.6 Å². The predicted molar refractivity (Wildman–Crippen MR) is 78.3 cm³/mol. The molecule has 0 saturated heterocycles. The highest BCUT2D eigenvalue weighted by atomic mass is 35.5. The number of nitrogens with one attached hydrogen (secondary N) is 2. The molecule has 0 aliphatic rings. The Morgan fingerprint density at radius 2 is 2.06 bits per heavy atom. The largest absolute Gasteiger partial charge is 0.359 e. The number of halogens is 1. The molecule has 0 spiro atoms. The van der Waals surface area contributed by atoms with Gasteiger partial charge in [0.15, 0.2) is 5.96 Å². The van der Waals surface area contributed by atoms with E-state index in [0.717, 1.165) is 23.1 Å². The summed E-state index contributed by atoms with van der Waals surface area (Å²) in [5.41, 5.74) is 1.11. The predicted octanol–water partition coefficient (Wildman–Crippen LogP) is 1.74. The van der Waals surface area contributed by atoms with Crippen LogP contribution in [0.15, 0.2) is 29.3 Å². The van der Waals surface area contributed by atoms with Crippen LogP contribution in [0.2, 0.25) is 5.02 Å². The lowest BCUT2D eigenvalue weighted by atomic mass is 10.1. The van der Waals surface area contributed by atoms with E-state index >= 15 is 0 Å². The second-order valence-electron chi connectivity index (χ2n) is 4.20. The van der Waals surface area contributed by atoms with Gasteiger partial charge in [0.25, 0.3) is 0 Å². The van der Waals surface area contributed by atoms with Crippen molar-refractivity contribution in [2.45, 2.75) is 6.04 Å². The lowest BCUT2D eigenvalue weighted by molar-refractivity contribution is 0.298. The first kappa shape index (κ1) is 14.8. The number of benzene rings is 1. The van der Waals surface area contributed by atoms with Gasteiger partial charge in [-0.3, -0.25) is 4.99 Å². The summed E-state index contributed by atoms with van der Waals surface area (Å²) in [5.74, 6) is 0.772. The third kappa shape index (κ3) is 3.89. The third-order valence-corrected chi connectivity index (χ3v) is 3.16. The van der Waals surface area contributed by atoms with E-state index in [0.29, 0.717) is 0 Å². The summed E-state index contributed by atoms with van der Waals surface area (Å²) in [7, 11) is 7.67. The van der Waals surface area contributed by atoms with Crippen LogP contribution in [-0.4, -0.2) is 45.6 Å². The fourth-order valence-electron chi connectivity index (χ4n) is 1.79. The molecule has 1 atom stereocenters. The van der Waals surface area contributed by atoms with E-state index in [1.807, 2.05) is 39.3 Å². The fraction of sp³-hybridized carbons (Fsp3) is 0.462. The molecule has 1 aromatic rings. The number of guanidine groups is 1. The number of nitrogens with zero attached hydrogens (tertiary/aromatic N) is 2. The Bertz CT molecular complexity index is 404. The first-order valence-corrected chi connectivity index (χ1v) is 6.27. The molecule has 0 aromatic heterocycles. The van der Waals surface area contributed by atoms with E-state index in [1.54, 1.807) is 7.05 Å². The first-order valence-electron chi connectivity index (χ1n) is 5.89. The topological polar surface area (TPSA) is 39.7 Å². The Morgan fingerprint density at radius 3 is 2.56 bits per heavy atom. The van der Waals surface area contributed by atoms with E-state index in [1.165, 1.54) is 0 Å². The lowest BCUT2D eigenvalue weighted by Gasteiger charge is -2.26. The van der Waals surface area contributed by atoms with Crippen LogP contribution >= 0.6 is 11.6 Å². The molecule has 0 radical (unpaired) electrons. The third-order valence-electron chi connectivity index (χ3n) is 2.81. The average molecular weight is 269 g/mol. The minimum Gasteiger partial charge on any atom is -0.359 e. The van der Waals surface area contributed by atoms with Crippen LogP contribution < -0.4 is 10.6 Å². The second kappa shape index (κ2) is 7.24. The molecular weight excluding hydrogens is 248 g/mol. The SMILES string of the molecule is CN=C(NC)NC[C@H](c1ccccc1Cl)N(C)C. The summed E-state index contributed by atoms with van der Waals surface area (Å²) < 4.78 is 0. The average Bonchev–Trinajstić information content (AvgIpc) is 2.36. The summed E-state index contributed by atoms with van der Waals surface area (Å²) >= 11 is 6.25. The molecule has 1 aromatic carbocycles. The molecule has 2 N–H and O–H groups in total. The van der Waals surface area contributed by atoms with Crippen molar-refractivity contribution in [2.24, 2.45) is 4.99 Å². The molecule has 5 heteroatoms. The van der Waals surface area contributed by atoms with Gasteiger partial charge in [-0.25, -0.2) is 0 Å². The molecule has 4 nitrogen and oxygen atoms in total. The van der Waals surface area contributed by atoms with Crippen LogP contribution in [0.5, 0.6) is 0 Å². The van der Waals surface area contributed by atoms with E-state index in [-0.39, 0.29) is 6.04 Å². The summed E-state index contributed by atoms with van der Waals surface area (Å²) in [5, 5.41) is 7.05. The second-order valence-corrected chi connectivity index (χ2v) is 4.61. The van der Waals surface area contributed by atoms with Gasteiger partial charge in [-0.05, 0) is 25.7 Å². The number of likely N-dealkylation sites (N-methyl/N-ethyl adjacent to an activating group) is 1. The van der Waals surface area contributed by atoms with Gasteiger partial charge in [-0.2, -0.15) is 0 Å². The maximum Gasteiger partial charge on any atom is 0.190 e. The fourth-order valence-corrected chi connectivity index (χ4v) is 2.05. The smallest absolute Gasteiger partial charge is 0.190 e. The number of hydrogen-bond donors (Lipinski definition) is 2. The zero-order valence-corrected chi connectivity index (χ0v) is 12.1. The van der Waals surface area contributed by atoms with Crippen molar-refractivity contribution in [3.63, 3.8) is 0 Å². The minimum atomic E-state index is 0.198. The van der Waals surface area contributed by atoms with Gasteiger partial charge in [0.05, 0.1) is 6.04 Å². The Kier molecular flexibility index (Phi) is 5.95. The van der Waals surface area contributed by atoms with Gasteiger partial charge >= 0.3 is 0 Å². The number of aliphatic imine (C=N–C) groups is 1. The molecule has 0 bridgehead atoms. The quantitative estimate of drug-likeness (QED) is 0.646. The van der Waals surface area contributed by atoms with Gasteiger partial charge in [0, 0.05) is 25.7 Å². The monoisotopic (exact) mass is 268 g/mol. The highest BCUT2D eigenvalue weighted by Crippen LogP contribution is 2.25. The molecular formula is C13H21ClN4. The van der Waals surface area contributed by atoms with Gasteiger partial charge < -0.3 is 15.5 Å². The van der Waals surface area contributed by atoms with Gasteiger partial charge in [0.1, 0.15) is 0 Å². The highest BCUT2D eigenvalue weighted by molar-refractivity contribution is 6.31. The van der Waals surface area contributed by atoms with Gasteiger partial charge in [-0.15, -0.1) is 0 Å². The molecule has 18 heavy (non-hydrogen) atoms. The Hall–Kier alpha value is -1.26. The number of hydrogen-bond acceptors (Lipinski definition) is 2. The first-order chi connectivity index (χ1) is 8.60. The van der Waals surface area contributed by atoms with Gasteiger partial charge in [0.2, 0.25) is 0 Å². The molecule has 1 rings (SSSR count). The van der Waals surface area contributed by atoms with Crippen molar-refractivity contribution < 1.29 is 0 Å². The molecule has 0 aliphatic heterocycles. The molecule has 0 unspecified atom stereocenters. The van der Waals surface area contributed by atoms with Crippen molar-refractivity contribution in [3.8, 4) is 0 Å². The molecule has 0 heterocycles. The minimum absolute atomic E-state index is 0.198. The Labute approximate surface area is 114 Å². The molecule has 100 valence electrons. The van der Waals surface area contributed by atoms with E-state index in [9.17, 15) is 0 Å². The van der Waals surface area contributed by atoms with Crippen molar-refractivity contribution in [2.75, 3.05) is 34.7 Å². The normalized spacial score (nSPS) is 13.6. The maximum absolute atomic E-state index is 6.25. The van der Waals surface area contributed by atoms with Crippen LogP contribution in [-0.2, 0) is 0 Å². The van der Waals surface area contributed by atoms with Crippen LogP contribution in [0.3, 0.4) is 0 Å². The van der Waals surface area contributed by atoms with Crippen LogP contribution in [0.25, 0.3) is 0 Å². The van der Waals surface area contributed by atoms with Crippen molar-refractivity contribution in [1.29, 1.82) is 0 Å². The molecule has 0 aliphatic carbocycles. The zero-order chi connectivity index (χ0) is 13.5. The Morgan fingerprint density at radius 1 is 1.39 bits per heavy atom. The maximum atomic E-state index is 6.25. The zero-order valence-electron chi connectivity index (χ0n) is 11.4. The van der Waals surface area contributed by atoms with Crippen LogP contribution in [0.4, 0.5) is 0 Å². The van der Waals surface area contributed by atoms with Crippen LogP contribution in [0, 0.1) is 0 Å². The lowest BCUT2D eigenvalue weighted by Crippen LogP contribution is -2.40. The van der Waals surface area contributed by atoms with Crippen molar-refractivity contribution in [3.05, 3.63) is 34.9 Å². The molecule has 0 amide bonds. The summed E-state index contributed by atoms with van der Waals surface area (Å²) in [4.78, 5) is 6.23. The van der Waals surface area contributed by atoms with E-state index in [4.69, 9.17) is 11.6 Å². The van der Waals surface area contributed by atoms with Gasteiger partial charge in [-0.1, -0.05) is 29.8 Å². The van der Waals surface area contributed by atoms with E-state index in [2.05, 4.69) is 26.6 Å². The summed E-state index contributed by atoms with van der Waals surface area (Å²) in [6, 6.07) is 8.11. The summed E-state index contributed by atoms with van der Waals surface area (Å²) in [6.45, 7) is 0.740. The van der Waals surface area contributed by atoms with Crippen molar-refractivity contribution >= 4 is 17.6 Å². The summed E-state index contributed by atoms with van der Waals surface area (Å²) in [6.07, 6.45) is 0. The molecule has 0 saturated carbocycles.